The summed E-state index contributed by atoms with van der Waals surface area (Å²) in [6.45, 7) is 2.33. The zero-order valence-electron chi connectivity index (χ0n) is 21.2. The molecule has 7 nitrogen and oxygen atoms in total. The molecule has 0 aliphatic heterocycles. The van der Waals surface area contributed by atoms with Crippen molar-refractivity contribution in [2.24, 2.45) is 7.05 Å². The van der Waals surface area contributed by atoms with E-state index < -0.39 is 21.9 Å². The van der Waals surface area contributed by atoms with E-state index in [1.807, 2.05) is 60.4 Å². The van der Waals surface area contributed by atoms with Crippen LogP contribution in [0.15, 0.2) is 77.3 Å². The number of benzene rings is 2. The second-order valence-corrected chi connectivity index (χ2v) is 12.3. The number of hydrogen-bond acceptors (Lipinski definition) is 5. The Balaban J connectivity index is 1.44. The molecule has 0 bridgehead atoms. The number of amides is 1. The largest absolute Gasteiger partial charge is 0.337 e. The van der Waals surface area contributed by atoms with E-state index in [1.54, 1.807) is 22.4 Å². The van der Waals surface area contributed by atoms with Crippen molar-refractivity contribution in [1.82, 2.24) is 14.3 Å². The van der Waals surface area contributed by atoms with Crippen molar-refractivity contribution in [1.29, 1.82) is 0 Å². The number of fused-ring (bicyclic) bond motifs is 1. The summed E-state index contributed by atoms with van der Waals surface area (Å²) in [7, 11) is -2.04. The molecule has 1 N–H and O–H groups in total. The van der Waals surface area contributed by atoms with Crippen LogP contribution in [0.3, 0.4) is 0 Å². The minimum absolute atomic E-state index is 0.0382. The number of nitrogens with zero attached hydrogens (tertiary/aromatic N) is 3. The van der Waals surface area contributed by atoms with Crippen molar-refractivity contribution >= 4 is 33.0 Å². The van der Waals surface area contributed by atoms with Crippen LogP contribution in [0.2, 0.25) is 0 Å². The lowest BCUT2D eigenvalue weighted by Gasteiger charge is -2.25. The summed E-state index contributed by atoms with van der Waals surface area (Å²) >= 11 is 1.63. The Bertz CT molecular complexity index is 1550. The van der Waals surface area contributed by atoms with Crippen molar-refractivity contribution in [3.8, 4) is 0 Å². The fourth-order valence-electron chi connectivity index (χ4n) is 4.83. The third kappa shape index (κ3) is 5.57. The molecule has 10 heteroatoms. The fourth-order valence-corrected chi connectivity index (χ4v) is 6.90. The Kier molecular flexibility index (Phi) is 7.47. The molecule has 0 unspecified atom stereocenters. The number of rotatable bonds is 9. The molecule has 0 fully saturated rings. The molecular formula is C28H29FN4O3S2. The molecule has 1 aliphatic carbocycles. The van der Waals surface area contributed by atoms with Crippen LogP contribution in [0, 0.1) is 5.82 Å². The Morgan fingerprint density at radius 2 is 2.08 bits per heavy atom. The summed E-state index contributed by atoms with van der Waals surface area (Å²) < 4.78 is 44.3. The van der Waals surface area contributed by atoms with Gasteiger partial charge in [-0.15, -0.1) is 11.3 Å². The molecule has 2 aromatic heterocycles. The van der Waals surface area contributed by atoms with Gasteiger partial charge in [-0.3, -0.25) is 4.79 Å². The molecule has 0 saturated heterocycles. The lowest BCUT2D eigenvalue weighted by Crippen LogP contribution is -2.32. The highest BCUT2D eigenvalue weighted by Gasteiger charge is 2.30. The first-order chi connectivity index (χ1) is 18.2. The SMILES string of the molecule is C[C@H](CC(=O)N(Cc1nccn1C)c1ccc2c(c1)[C@H](NS(=O)(=O)c1cccc(F)c1)CC2)c1cccs1. The zero-order valence-corrected chi connectivity index (χ0v) is 22.8. The number of thiophene rings is 1. The fraction of sp³-hybridized carbons (Fsp3) is 0.286. The van der Waals surface area contributed by atoms with Crippen molar-refractivity contribution in [3.63, 3.8) is 0 Å². The summed E-state index contributed by atoms with van der Waals surface area (Å²) in [5.74, 6) is 0.156. The van der Waals surface area contributed by atoms with Gasteiger partial charge in [0.1, 0.15) is 11.6 Å². The second-order valence-electron chi connectivity index (χ2n) is 9.61. The highest BCUT2D eigenvalue weighted by Crippen LogP contribution is 2.36. The maximum atomic E-state index is 13.7. The standard InChI is InChI=1S/C28H29FN4O3S2/c1-19(26-7-4-14-37-26)15-28(34)33(18-27-30-12-13-32(27)2)22-10-8-20-9-11-25(24(20)17-22)31-38(35,36)23-6-3-5-21(29)16-23/h3-8,10,12-14,16-17,19,25,31H,9,11,15,18H2,1-2H3/t19-,25-/m1/s1. The molecule has 2 heterocycles. The minimum atomic E-state index is -3.93. The average Bonchev–Trinajstić information content (AvgIpc) is 3.64. The first-order valence-corrected chi connectivity index (χ1v) is 14.8. The van der Waals surface area contributed by atoms with Crippen LogP contribution in [0.5, 0.6) is 0 Å². The Morgan fingerprint density at radius 3 is 2.79 bits per heavy atom. The van der Waals surface area contributed by atoms with E-state index in [-0.39, 0.29) is 23.3 Å². The van der Waals surface area contributed by atoms with Crippen molar-refractivity contribution in [2.45, 2.75) is 49.6 Å². The van der Waals surface area contributed by atoms with Gasteiger partial charge >= 0.3 is 0 Å². The summed E-state index contributed by atoms with van der Waals surface area (Å²) in [5.41, 5.74) is 2.54. The summed E-state index contributed by atoms with van der Waals surface area (Å²) in [6.07, 6.45) is 5.15. The van der Waals surface area contributed by atoms with E-state index >= 15 is 0 Å². The Labute approximate surface area is 226 Å². The second kappa shape index (κ2) is 10.8. The van der Waals surface area contributed by atoms with E-state index in [0.29, 0.717) is 24.9 Å². The van der Waals surface area contributed by atoms with E-state index in [1.165, 1.54) is 18.2 Å². The number of anilines is 1. The molecule has 0 saturated carbocycles. The molecule has 0 spiro atoms. The van der Waals surface area contributed by atoms with Gasteiger partial charge < -0.3 is 9.47 Å². The molecule has 5 rings (SSSR count). The molecule has 38 heavy (non-hydrogen) atoms. The van der Waals surface area contributed by atoms with Crippen LogP contribution in [0.4, 0.5) is 10.1 Å². The minimum Gasteiger partial charge on any atom is -0.337 e. The first-order valence-electron chi connectivity index (χ1n) is 12.4. The smallest absolute Gasteiger partial charge is 0.241 e. The van der Waals surface area contributed by atoms with Crippen LogP contribution < -0.4 is 9.62 Å². The Morgan fingerprint density at radius 1 is 1.24 bits per heavy atom. The molecule has 2 aromatic carbocycles. The third-order valence-electron chi connectivity index (χ3n) is 6.95. The van der Waals surface area contributed by atoms with E-state index in [4.69, 9.17) is 0 Å². The Hall–Kier alpha value is -3.34. The highest BCUT2D eigenvalue weighted by molar-refractivity contribution is 7.89. The first kappa shape index (κ1) is 26.3. The summed E-state index contributed by atoms with van der Waals surface area (Å²) in [5, 5.41) is 2.01. The molecule has 4 aromatic rings. The number of carbonyl (C=O) groups is 1. The number of aryl methyl sites for hydroxylation is 2. The molecule has 2 atom stereocenters. The molecule has 198 valence electrons. The molecule has 1 amide bonds. The lowest BCUT2D eigenvalue weighted by atomic mass is 10.0. The number of halogens is 1. The third-order valence-corrected chi connectivity index (χ3v) is 9.53. The van der Waals surface area contributed by atoms with Crippen molar-refractivity contribution < 1.29 is 17.6 Å². The highest BCUT2D eigenvalue weighted by atomic mass is 32.2. The van der Waals surface area contributed by atoms with E-state index in [2.05, 4.69) is 9.71 Å². The number of aromatic nitrogens is 2. The van der Waals surface area contributed by atoms with Gasteiger partial charge in [-0.25, -0.2) is 22.5 Å². The molecule has 0 radical (unpaired) electrons. The van der Waals surface area contributed by atoms with Crippen LogP contribution in [0.25, 0.3) is 0 Å². The topological polar surface area (TPSA) is 84.3 Å². The van der Waals surface area contributed by atoms with Gasteiger partial charge in [-0.1, -0.05) is 25.1 Å². The number of carbonyl (C=O) groups excluding carboxylic acids is 1. The van der Waals surface area contributed by atoms with Gasteiger partial charge in [0.25, 0.3) is 0 Å². The van der Waals surface area contributed by atoms with Gasteiger partial charge in [-0.2, -0.15) is 0 Å². The maximum absolute atomic E-state index is 13.7. The van der Waals surface area contributed by atoms with Crippen molar-refractivity contribution in [2.75, 3.05) is 4.90 Å². The van der Waals surface area contributed by atoms with Crippen LogP contribution in [0.1, 0.15) is 53.6 Å². The van der Waals surface area contributed by atoms with Gasteiger partial charge in [0.2, 0.25) is 15.9 Å². The molecular weight excluding hydrogens is 523 g/mol. The van der Waals surface area contributed by atoms with Gasteiger partial charge in [0.05, 0.1) is 11.4 Å². The predicted octanol–water partition coefficient (Wildman–Crippen LogP) is 5.31. The summed E-state index contributed by atoms with van der Waals surface area (Å²) in [6, 6.07) is 14.3. The summed E-state index contributed by atoms with van der Waals surface area (Å²) in [4.78, 5) is 20.8. The van der Waals surface area contributed by atoms with Gasteiger partial charge in [0, 0.05) is 42.5 Å². The van der Waals surface area contributed by atoms with Crippen LogP contribution >= 0.6 is 11.3 Å². The van der Waals surface area contributed by atoms with E-state index in [0.717, 1.165) is 27.9 Å². The zero-order chi connectivity index (χ0) is 26.9. The quantitative estimate of drug-likeness (QED) is 0.305. The average molecular weight is 553 g/mol. The monoisotopic (exact) mass is 552 g/mol. The van der Waals surface area contributed by atoms with Crippen molar-refractivity contribution in [3.05, 3.63) is 100 Å². The number of nitrogens with one attached hydrogen (secondary N) is 1. The molecule has 1 aliphatic rings. The number of imidazole rings is 1. The van der Waals surface area contributed by atoms with Gasteiger partial charge in [-0.05, 0) is 71.7 Å². The lowest BCUT2D eigenvalue weighted by molar-refractivity contribution is -0.119. The maximum Gasteiger partial charge on any atom is 0.241 e. The van der Waals surface area contributed by atoms with Crippen LogP contribution in [-0.4, -0.2) is 23.9 Å². The van der Waals surface area contributed by atoms with Crippen LogP contribution in [-0.2, 0) is 34.8 Å². The number of sulfonamides is 1. The van der Waals surface area contributed by atoms with Gasteiger partial charge in [0.15, 0.2) is 0 Å². The van der Waals surface area contributed by atoms with E-state index in [9.17, 15) is 17.6 Å². The number of hydrogen-bond donors (Lipinski definition) is 1. The normalized spacial score (nSPS) is 15.8. The predicted molar refractivity (Wildman–Crippen MR) is 146 cm³/mol.